The molecule has 1 aromatic carbocycles. The van der Waals surface area contributed by atoms with Crippen molar-refractivity contribution >= 4 is 34.9 Å². The molecule has 5 rings (SSSR count). The molecular weight excluding hydrogens is 427 g/mol. The molecule has 2 aromatic rings. The van der Waals surface area contributed by atoms with Gasteiger partial charge in [0.05, 0.1) is 11.6 Å². The van der Waals surface area contributed by atoms with Crippen LogP contribution in [0.3, 0.4) is 0 Å². The van der Waals surface area contributed by atoms with Gasteiger partial charge in [-0.05, 0) is 42.2 Å². The van der Waals surface area contributed by atoms with Gasteiger partial charge in [-0.25, -0.2) is 4.39 Å². The highest BCUT2D eigenvalue weighted by atomic mass is 19.1. The Morgan fingerprint density at radius 2 is 2.18 bits per heavy atom. The predicted octanol–water partition coefficient (Wildman–Crippen LogP) is 2.35. The largest absolute Gasteiger partial charge is 0.356 e. The second-order valence-corrected chi connectivity index (χ2v) is 10.0. The van der Waals surface area contributed by atoms with Crippen LogP contribution in [0.5, 0.6) is 0 Å². The van der Waals surface area contributed by atoms with Gasteiger partial charge in [0.2, 0.25) is 11.8 Å². The number of aromatic amines is 1. The quantitative estimate of drug-likeness (QED) is 0.575. The average Bonchev–Trinajstić information content (AvgIpc) is 3.30. The van der Waals surface area contributed by atoms with Crippen LogP contribution in [0.25, 0.3) is 10.9 Å². The minimum absolute atomic E-state index is 0. The number of piperidine rings is 1. The molecule has 3 N–H and O–H groups in total. The Morgan fingerprint density at radius 3 is 2.85 bits per heavy atom. The van der Waals surface area contributed by atoms with Crippen LogP contribution in [-0.4, -0.2) is 59.1 Å². The number of benzene rings is 1. The summed E-state index contributed by atoms with van der Waals surface area (Å²) in [4.78, 5) is 54.6. The van der Waals surface area contributed by atoms with Gasteiger partial charge in [-0.1, -0.05) is 26.0 Å². The highest BCUT2D eigenvalue weighted by molar-refractivity contribution is 6.01. The summed E-state index contributed by atoms with van der Waals surface area (Å²) in [5.74, 6) is -1.48. The van der Waals surface area contributed by atoms with Crippen LogP contribution >= 0.6 is 0 Å². The number of amides is 3. The number of fused-ring (bicyclic) bond motifs is 2. The number of nitrogens with zero attached hydrogens (tertiary/aromatic N) is 1. The Labute approximate surface area is 194 Å². The molecule has 0 spiro atoms. The van der Waals surface area contributed by atoms with E-state index < -0.39 is 17.9 Å². The highest BCUT2D eigenvalue weighted by Crippen LogP contribution is 2.65. The SMILES string of the molecule is CC1(C)C2CN(C(=O)c3cc4cccc(F)c4[nH]3)[C@H](C(=O)N[C@H](C=O)C[C@@H]3CCNC3=O)[C@H]21.[HH].[HH].[HH]. The fourth-order valence-corrected chi connectivity index (χ4v) is 5.78. The molecule has 180 valence electrons. The molecule has 3 amide bonds. The number of nitrogens with one attached hydrogen (secondary N) is 3. The number of aromatic nitrogens is 1. The van der Waals surface area contributed by atoms with E-state index in [1.54, 1.807) is 18.2 Å². The minimum Gasteiger partial charge on any atom is -0.356 e. The van der Waals surface area contributed by atoms with Crippen molar-refractivity contribution in [1.82, 2.24) is 20.5 Å². The second kappa shape index (κ2) is 7.67. The van der Waals surface area contributed by atoms with Crippen LogP contribution in [0.1, 0.15) is 41.5 Å². The Bertz CT molecular complexity index is 1170. The third kappa shape index (κ3) is 3.50. The Kier molecular flexibility index (Phi) is 5.02. The normalized spacial score (nSPS) is 28.3. The maximum absolute atomic E-state index is 14.1. The summed E-state index contributed by atoms with van der Waals surface area (Å²) in [6.07, 6.45) is 1.52. The molecule has 3 aliphatic rings. The lowest BCUT2D eigenvalue weighted by molar-refractivity contribution is -0.129. The number of hydrogen-bond acceptors (Lipinski definition) is 4. The maximum Gasteiger partial charge on any atom is 0.271 e. The summed E-state index contributed by atoms with van der Waals surface area (Å²) >= 11 is 0. The molecule has 33 heavy (non-hydrogen) atoms. The first-order chi connectivity index (χ1) is 15.7. The van der Waals surface area contributed by atoms with Crippen molar-refractivity contribution in [3.63, 3.8) is 0 Å². The summed E-state index contributed by atoms with van der Waals surface area (Å²) in [6.45, 7) is 5.13. The molecular formula is C24H33FN4O4. The van der Waals surface area contributed by atoms with E-state index in [1.165, 1.54) is 11.0 Å². The average molecular weight is 461 g/mol. The molecule has 1 aliphatic carbocycles. The molecule has 9 heteroatoms. The van der Waals surface area contributed by atoms with E-state index in [2.05, 4.69) is 29.5 Å². The van der Waals surface area contributed by atoms with Crippen LogP contribution in [0.2, 0.25) is 0 Å². The summed E-state index contributed by atoms with van der Waals surface area (Å²) in [5, 5.41) is 6.09. The first kappa shape index (κ1) is 21.6. The van der Waals surface area contributed by atoms with Crippen molar-refractivity contribution in [2.24, 2.45) is 23.2 Å². The molecule has 5 atom stereocenters. The third-order valence-corrected chi connectivity index (χ3v) is 7.77. The summed E-state index contributed by atoms with van der Waals surface area (Å²) < 4.78 is 14.1. The fourth-order valence-electron chi connectivity index (χ4n) is 5.78. The van der Waals surface area contributed by atoms with E-state index in [1.807, 2.05) is 0 Å². The standard InChI is InChI=1S/C24H27FN4O4.3H2/c1-24(2)15-10-29(23(33)17-9-12-4-3-5-16(25)19(12)28-17)20(18(15)24)22(32)27-14(11-30)8-13-6-7-26-21(13)31;;;/h3-5,9,11,13-15,18,20,28H,6-8,10H2,1-2H3,(H,26,31)(H,27,32);3*1H/t13-,14-,15?,18-,20-;;;/m0.../s1. The number of rotatable bonds is 6. The van der Waals surface area contributed by atoms with E-state index >= 15 is 0 Å². The number of carbonyl (C=O) groups excluding carboxylic acids is 4. The maximum atomic E-state index is 14.1. The Balaban J connectivity index is 0.00000152. The first-order valence-electron chi connectivity index (χ1n) is 11.3. The number of H-pyrrole nitrogens is 1. The van der Waals surface area contributed by atoms with Gasteiger partial charge in [0.25, 0.3) is 5.91 Å². The van der Waals surface area contributed by atoms with Gasteiger partial charge in [0.15, 0.2) is 0 Å². The first-order valence-corrected chi connectivity index (χ1v) is 11.3. The third-order valence-electron chi connectivity index (χ3n) is 7.77. The number of carbonyl (C=O) groups is 4. The van der Waals surface area contributed by atoms with Crippen molar-refractivity contribution in [2.75, 3.05) is 13.1 Å². The molecule has 3 heterocycles. The fraction of sp³-hybridized carbons (Fsp3) is 0.500. The molecule has 2 aliphatic heterocycles. The monoisotopic (exact) mass is 460 g/mol. The Morgan fingerprint density at radius 1 is 1.39 bits per heavy atom. The topological polar surface area (TPSA) is 111 Å². The van der Waals surface area contributed by atoms with Gasteiger partial charge < -0.3 is 25.3 Å². The summed E-state index contributed by atoms with van der Waals surface area (Å²) in [6, 6.07) is 4.68. The van der Waals surface area contributed by atoms with Crippen LogP contribution < -0.4 is 10.6 Å². The molecule has 0 bridgehead atoms. The van der Waals surface area contributed by atoms with Crippen molar-refractivity contribution in [3.8, 4) is 0 Å². The van der Waals surface area contributed by atoms with Crippen molar-refractivity contribution < 1.29 is 27.8 Å². The zero-order valence-electron chi connectivity index (χ0n) is 18.6. The zero-order chi connectivity index (χ0) is 23.5. The molecule has 2 saturated heterocycles. The molecule has 1 aromatic heterocycles. The summed E-state index contributed by atoms with van der Waals surface area (Å²) in [5.41, 5.74) is 0.386. The van der Waals surface area contributed by atoms with Gasteiger partial charge in [-0.3, -0.25) is 14.4 Å². The van der Waals surface area contributed by atoms with Crippen LogP contribution in [0.15, 0.2) is 24.3 Å². The van der Waals surface area contributed by atoms with Gasteiger partial charge >= 0.3 is 0 Å². The molecule has 1 saturated carbocycles. The van der Waals surface area contributed by atoms with Crippen LogP contribution in [0.4, 0.5) is 4.39 Å². The lowest BCUT2D eigenvalue weighted by atomic mass is 9.97. The molecule has 0 radical (unpaired) electrons. The van der Waals surface area contributed by atoms with Crippen molar-refractivity contribution in [1.29, 1.82) is 0 Å². The lowest BCUT2D eigenvalue weighted by Crippen LogP contribution is -2.52. The minimum atomic E-state index is -0.800. The molecule has 8 nitrogen and oxygen atoms in total. The highest BCUT2D eigenvalue weighted by Gasteiger charge is 2.69. The van der Waals surface area contributed by atoms with E-state index in [0.29, 0.717) is 31.2 Å². The van der Waals surface area contributed by atoms with Crippen LogP contribution in [0, 0.1) is 29.0 Å². The number of likely N-dealkylation sites (tertiary alicyclic amines) is 1. The Hall–Kier alpha value is -3.23. The van der Waals surface area contributed by atoms with E-state index in [-0.39, 0.29) is 62.8 Å². The second-order valence-electron chi connectivity index (χ2n) is 10.0. The van der Waals surface area contributed by atoms with Gasteiger partial charge in [0.1, 0.15) is 23.8 Å². The molecule has 1 unspecified atom stereocenters. The van der Waals surface area contributed by atoms with Crippen molar-refractivity contribution in [2.45, 2.75) is 38.8 Å². The molecule has 3 fully saturated rings. The zero-order valence-corrected chi connectivity index (χ0v) is 18.6. The van der Waals surface area contributed by atoms with Gasteiger partial charge in [-0.2, -0.15) is 0 Å². The van der Waals surface area contributed by atoms with E-state index in [0.717, 1.165) is 0 Å². The number of aldehydes is 1. The lowest BCUT2D eigenvalue weighted by Gasteiger charge is -2.30. The van der Waals surface area contributed by atoms with Gasteiger partial charge in [0, 0.05) is 28.7 Å². The van der Waals surface area contributed by atoms with E-state index in [4.69, 9.17) is 0 Å². The number of halogens is 1. The van der Waals surface area contributed by atoms with Gasteiger partial charge in [-0.15, -0.1) is 0 Å². The smallest absolute Gasteiger partial charge is 0.271 e. The predicted molar refractivity (Wildman–Crippen MR) is 124 cm³/mol. The number of hydrogen-bond donors (Lipinski definition) is 3. The van der Waals surface area contributed by atoms with E-state index in [9.17, 15) is 23.6 Å². The summed E-state index contributed by atoms with van der Waals surface area (Å²) in [7, 11) is 0. The van der Waals surface area contributed by atoms with Crippen molar-refractivity contribution in [3.05, 3.63) is 35.8 Å². The van der Waals surface area contributed by atoms with Crippen LogP contribution in [-0.2, 0) is 14.4 Å². The number of para-hydroxylation sites is 1.